The second-order valence-corrected chi connectivity index (χ2v) is 13.4. The number of hydrogen-bond acceptors (Lipinski definition) is 8. The molecule has 0 radical (unpaired) electrons. The van der Waals surface area contributed by atoms with Gasteiger partial charge in [-0.25, -0.2) is 0 Å². The summed E-state index contributed by atoms with van der Waals surface area (Å²) in [6.07, 6.45) is 5.72. The van der Waals surface area contributed by atoms with Gasteiger partial charge >= 0.3 is 7.12 Å². The first-order chi connectivity index (χ1) is 20.2. The molecule has 0 unspecified atom stereocenters. The number of ether oxygens (including phenoxy) is 2. The highest BCUT2D eigenvalue weighted by Crippen LogP contribution is 2.51. The first kappa shape index (κ1) is 31.2. The minimum atomic E-state index is -1.01. The lowest BCUT2D eigenvalue weighted by molar-refractivity contribution is -0.140. The molecule has 4 atom stereocenters. The number of allylic oxidation sites excluding steroid dienone is 1. The predicted molar refractivity (Wildman–Crippen MR) is 171 cm³/mol. The molecule has 1 aromatic heterocycles. The van der Waals surface area contributed by atoms with Crippen molar-refractivity contribution in [3.8, 4) is 11.5 Å². The number of imide groups is 1. The lowest BCUT2D eigenvalue weighted by atomic mass is 9.58. The molecule has 0 bridgehead atoms. The van der Waals surface area contributed by atoms with E-state index >= 15 is 0 Å². The zero-order valence-corrected chi connectivity index (χ0v) is 27.2. The third kappa shape index (κ3) is 6.35. The van der Waals surface area contributed by atoms with E-state index in [1.807, 2.05) is 29.6 Å². The van der Waals surface area contributed by atoms with Gasteiger partial charge in [0.2, 0.25) is 11.8 Å². The van der Waals surface area contributed by atoms with Crippen molar-refractivity contribution in [2.24, 2.45) is 17.8 Å². The molecule has 5 rings (SSSR count). The second kappa shape index (κ2) is 13.6. The molecule has 2 saturated heterocycles. The molecule has 0 spiro atoms. The molecule has 0 saturated carbocycles. The highest BCUT2D eigenvalue weighted by molar-refractivity contribution is 14.1. The van der Waals surface area contributed by atoms with E-state index in [2.05, 4.69) is 35.6 Å². The Labute approximate surface area is 265 Å². The number of methoxy groups -OCH3 is 2. The molecule has 224 valence electrons. The van der Waals surface area contributed by atoms with Gasteiger partial charge in [-0.15, -0.1) is 11.3 Å². The fourth-order valence-electron chi connectivity index (χ4n) is 6.83. The minimum Gasteiger partial charge on any atom is -0.504 e. The number of benzene rings is 1. The van der Waals surface area contributed by atoms with Gasteiger partial charge in [0.1, 0.15) is 0 Å². The van der Waals surface area contributed by atoms with Crippen LogP contribution in [0.4, 0.5) is 0 Å². The Hall–Kier alpha value is -2.19. The molecule has 1 aliphatic carbocycles. The smallest absolute Gasteiger partial charge is 0.455 e. The Kier molecular flexibility index (Phi) is 10.1. The zero-order valence-electron chi connectivity index (χ0n) is 24.2. The maximum absolute atomic E-state index is 13.8. The number of phenolic OH excluding ortho intramolecular Hbond substituents is 1. The van der Waals surface area contributed by atoms with Gasteiger partial charge in [-0.05, 0) is 101 Å². The number of thiophene rings is 1. The molecule has 2 fully saturated rings. The number of amides is 2. The Morgan fingerprint density at radius 3 is 2.74 bits per heavy atom. The van der Waals surface area contributed by atoms with Gasteiger partial charge in [-0.2, -0.15) is 0 Å². The van der Waals surface area contributed by atoms with Gasteiger partial charge in [-0.1, -0.05) is 31.1 Å². The number of fused-ring (bicyclic) bond motifs is 3. The largest absolute Gasteiger partial charge is 0.504 e. The summed E-state index contributed by atoms with van der Waals surface area (Å²) in [5.74, 6) is -0.917. The van der Waals surface area contributed by atoms with Crippen LogP contribution in [0.3, 0.4) is 0 Å². The third-order valence-electron chi connectivity index (χ3n) is 8.55. The molecule has 3 heterocycles. The lowest BCUT2D eigenvalue weighted by Crippen LogP contribution is -2.46. The molecule has 3 aliphatic rings. The van der Waals surface area contributed by atoms with Crippen molar-refractivity contribution < 1.29 is 33.8 Å². The summed E-state index contributed by atoms with van der Waals surface area (Å²) in [6.45, 7) is 2.79. The first-order valence-corrected chi connectivity index (χ1v) is 16.4. The van der Waals surface area contributed by atoms with Crippen molar-refractivity contribution in [1.82, 2.24) is 4.90 Å². The molecule has 8 nitrogen and oxygen atoms in total. The van der Waals surface area contributed by atoms with Crippen molar-refractivity contribution in [2.45, 2.75) is 58.0 Å². The number of likely N-dealkylation sites (tertiary alicyclic amines) is 1. The summed E-state index contributed by atoms with van der Waals surface area (Å²) in [6, 6.07) is 7.62. The van der Waals surface area contributed by atoms with Crippen LogP contribution in [-0.2, 0) is 25.5 Å². The molecule has 1 aromatic carbocycles. The van der Waals surface area contributed by atoms with Gasteiger partial charge in [0.25, 0.3) is 0 Å². The average Bonchev–Trinajstić information content (AvgIpc) is 3.56. The number of phenols is 1. The van der Waals surface area contributed by atoms with Crippen LogP contribution in [0.2, 0.25) is 6.32 Å². The minimum absolute atomic E-state index is 0.129. The molecule has 2 aromatic rings. The highest BCUT2D eigenvalue weighted by atomic mass is 127. The summed E-state index contributed by atoms with van der Waals surface area (Å²) >= 11 is 3.63. The normalized spacial score (nSPS) is 24.4. The summed E-state index contributed by atoms with van der Waals surface area (Å²) in [5.41, 5.74) is 4.21. The summed E-state index contributed by atoms with van der Waals surface area (Å²) < 4.78 is 17.8. The number of carbonyl (C=O) groups excluding carboxylic acids is 2. The monoisotopic (exact) mass is 705 g/mol. The zero-order chi connectivity index (χ0) is 30.0. The van der Waals surface area contributed by atoms with Crippen molar-refractivity contribution in [3.05, 3.63) is 60.4 Å². The van der Waals surface area contributed by atoms with Crippen molar-refractivity contribution in [1.29, 1.82) is 0 Å². The van der Waals surface area contributed by atoms with Crippen LogP contribution >= 0.6 is 33.9 Å². The molecule has 42 heavy (non-hydrogen) atoms. The number of carbonyl (C=O) groups is 2. The maximum atomic E-state index is 13.8. The lowest BCUT2D eigenvalue weighted by Gasteiger charge is -2.43. The Morgan fingerprint density at radius 2 is 2.05 bits per heavy atom. The fourth-order valence-corrected chi connectivity index (χ4v) is 8.14. The van der Waals surface area contributed by atoms with Crippen molar-refractivity contribution in [3.63, 3.8) is 0 Å². The van der Waals surface area contributed by atoms with Gasteiger partial charge in [0.15, 0.2) is 11.5 Å². The number of aromatic hydroxyl groups is 1. The highest BCUT2D eigenvalue weighted by Gasteiger charge is 2.57. The van der Waals surface area contributed by atoms with Gasteiger partial charge in [0, 0.05) is 12.0 Å². The van der Waals surface area contributed by atoms with Crippen LogP contribution in [0, 0.1) is 21.3 Å². The van der Waals surface area contributed by atoms with Crippen LogP contribution in [-0.4, -0.2) is 60.9 Å². The van der Waals surface area contributed by atoms with E-state index in [9.17, 15) is 19.7 Å². The second-order valence-electron chi connectivity index (χ2n) is 11.2. The van der Waals surface area contributed by atoms with Crippen molar-refractivity contribution >= 4 is 58.9 Å². The van der Waals surface area contributed by atoms with Crippen LogP contribution in [0.5, 0.6) is 11.5 Å². The number of nitrogens with zero attached hydrogens (tertiary/aromatic N) is 1. The quantitative estimate of drug-likeness (QED) is 0.134. The SMILES string of the molecule is CCC/C(=C\c1cc(I)c(O)c(OC)c1)CC[C@H]1OB(O)C[C@H]2C1=C(COC)C[C@H]1C(=O)N(Cc3cccs3)C(=O)[C@H]12. The number of halogens is 1. The van der Waals surface area contributed by atoms with E-state index in [1.165, 1.54) is 28.9 Å². The summed E-state index contributed by atoms with van der Waals surface area (Å²) in [4.78, 5) is 29.7. The molecular formula is C31H37BINO7S. The van der Waals surface area contributed by atoms with E-state index in [4.69, 9.17) is 14.1 Å². The van der Waals surface area contributed by atoms with Crippen LogP contribution < -0.4 is 4.74 Å². The van der Waals surface area contributed by atoms with Gasteiger partial charge < -0.3 is 24.3 Å². The first-order valence-electron chi connectivity index (χ1n) is 14.4. The topological polar surface area (TPSA) is 106 Å². The van der Waals surface area contributed by atoms with E-state index in [0.717, 1.165) is 40.8 Å². The van der Waals surface area contributed by atoms with E-state index in [0.29, 0.717) is 35.3 Å². The van der Waals surface area contributed by atoms with Crippen LogP contribution in [0.1, 0.15) is 49.5 Å². The van der Waals surface area contributed by atoms with Crippen LogP contribution in [0.25, 0.3) is 6.08 Å². The van der Waals surface area contributed by atoms with Crippen LogP contribution in [0.15, 0.2) is 46.4 Å². The molecule has 2 amide bonds. The van der Waals surface area contributed by atoms with E-state index < -0.39 is 19.0 Å². The Morgan fingerprint density at radius 1 is 1.24 bits per heavy atom. The van der Waals surface area contributed by atoms with Crippen molar-refractivity contribution in [2.75, 3.05) is 20.8 Å². The number of rotatable bonds is 11. The Bertz CT molecular complexity index is 1380. The third-order valence-corrected chi connectivity index (χ3v) is 10.2. The fraction of sp³-hybridized carbons (Fsp3) is 0.484. The average molecular weight is 705 g/mol. The summed E-state index contributed by atoms with van der Waals surface area (Å²) in [7, 11) is 2.17. The van der Waals surface area contributed by atoms with E-state index in [1.54, 1.807) is 7.11 Å². The van der Waals surface area contributed by atoms with Gasteiger partial charge in [0.05, 0.1) is 41.8 Å². The Balaban J connectivity index is 1.41. The predicted octanol–water partition coefficient (Wildman–Crippen LogP) is 5.67. The summed E-state index contributed by atoms with van der Waals surface area (Å²) in [5, 5.41) is 23.1. The molecule has 11 heteroatoms. The van der Waals surface area contributed by atoms with E-state index in [-0.39, 0.29) is 35.9 Å². The van der Waals surface area contributed by atoms with Gasteiger partial charge in [-0.3, -0.25) is 14.5 Å². The maximum Gasteiger partial charge on any atom is 0.455 e. The standard InChI is InChI=1S/C31H37BINO7S/c1-4-6-18(11-19-12-24(33)29(35)26(13-19)40-3)8-9-25-27-20(17-39-2)14-22-28(23(27)15-32(38)41-25)31(37)34(30(22)36)16-21-7-5-10-42-21/h5,7,10-13,22-23,25,28,35,38H,4,6,8-9,14-17H2,1-3H3/b18-11+/t22-,23+,25-,28-/m1/s1. The molecule has 2 aliphatic heterocycles. The number of hydrogen-bond donors (Lipinski definition) is 2. The molecule has 2 N–H and O–H groups in total. The molecular weight excluding hydrogens is 668 g/mol.